The Balaban J connectivity index is 2.09. The third-order valence-corrected chi connectivity index (χ3v) is 2.78. The third-order valence-electron chi connectivity index (χ3n) is 2.53. The molecule has 0 fully saturated rings. The van der Waals surface area contributed by atoms with Crippen LogP contribution in [0.5, 0.6) is 5.75 Å². The Hall–Kier alpha value is -0.730. The summed E-state index contributed by atoms with van der Waals surface area (Å²) in [6.07, 6.45) is 3.88. The van der Waals surface area contributed by atoms with Crippen LogP contribution < -0.4 is 4.74 Å². The van der Waals surface area contributed by atoms with Gasteiger partial charge in [0.25, 0.3) is 0 Å². The van der Waals surface area contributed by atoms with E-state index in [4.69, 9.17) is 21.1 Å². The summed E-state index contributed by atoms with van der Waals surface area (Å²) in [5.41, 5.74) is 0. The lowest BCUT2D eigenvalue weighted by atomic mass is 10.2. The molecule has 0 aliphatic rings. The molecule has 0 saturated carbocycles. The minimum Gasteiger partial charge on any atom is -0.491 e. The Morgan fingerprint density at radius 2 is 1.88 bits per heavy atom. The van der Waals surface area contributed by atoms with Crippen LogP contribution in [0, 0.1) is 0 Å². The van der Waals surface area contributed by atoms with E-state index >= 15 is 0 Å². The summed E-state index contributed by atoms with van der Waals surface area (Å²) in [6, 6.07) is 7.37. The highest BCUT2D eigenvalue weighted by atomic mass is 35.5. The van der Waals surface area contributed by atoms with Crippen molar-refractivity contribution in [3.63, 3.8) is 0 Å². The lowest BCUT2D eigenvalue weighted by Crippen LogP contribution is -2.14. The zero-order valence-corrected chi connectivity index (χ0v) is 11.4. The molecule has 17 heavy (non-hydrogen) atoms. The maximum atomic E-state index is 5.78. The molecule has 96 valence electrons. The van der Waals surface area contributed by atoms with Crippen molar-refractivity contribution in [1.82, 2.24) is 0 Å². The predicted molar refractivity (Wildman–Crippen MR) is 71.9 cm³/mol. The fourth-order valence-corrected chi connectivity index (χ4v) is 1.64. The molecule has 1 aromatic carbocycles. The summed E-state index contributed by atoms with van der Waals surface area (Å²) in [6.45, 7) is 5.51. The summed E-state index contributed by atoms with van der Waals surface area (Å²) in [7, 11) is 0. The monoisotopic (exact) mass is 256 g/mol. The first-order valence-corrected chi connectivity index (χ1v) is 6.60. The third kappa shape index (κ3) is 6.54. The van der Waals surface area contributed by atoms with Crippen molar-refractivity contribution < 1.29 is 9.47 Å². The molecule has 0 amide bonds. The van der Waals surface area contributed by atoms with Crippen LogP contribution >= 0.6 is 11.6 Å². The van der Waals surface area contributed by atoms with Crippen LogP contribution in [0.3, 0.4) is 0 Å². The lowest BCUT2D eigenvalue weighted by molar-refractivity contribution is 0.0387. The van der Waals surface area contributed by atoms with E-state index in [2.05, 4.69) is 13.8 Å². The molecule has 0 radical (unpaired) electrons. The Labute approximate surface area is 109 Å². The molecule has 0 N–H and O–H groups in total. The SMILES string of the molecule is CCCCC(C)OCCOc1ccc(Cl)cc1. The fraction of sp³-hybridized carbons (Fsp3) is 0.571. The zero-order chi connectivity index (χ0) is 12.5. The average Bonchev–Trinajstić information content (AvgIpc) is 2.34. The molecule has 0 bridgehead atoms. The van der Waals surface area contributed by atoms with E-state index in [1.807, 2.05) is 24.3 Å². The van der Waals surface area contributed by atoms with Crippen LogP contribution in [-0.4, -0.2) is 19.3 Å². The number of halogens is 1. The second kappa shape index (κ2) is 8.37. The molecule has 0 aromatic heterocycles. The smallest absolute Gasteiger partial charge is 0.119 e. The first-order chi connectivity index (χ1) is 8.22. The second-order valence-corrected chi connectivity index (χ2v) is 4.56. The fourth-order valence-electron chi connectivity index (χ4n) is 1.51. The number of rotatable bonds is 8. The highest BCUT2D eigenvalue weighted by molar-refractivity contribution is 6.30. The Bertz CT molecular complexity index is 298. The number of ether oxygens (including phenoxy) is 2. The van der Waals surface area contributed by atoms with E-state index in [0.717, 1.165) is 17.2 Å². The van der Waals surface area contributed by atoms with Crippen molar-refractivity contribution in [3.8, 4) is 5.75 Å². The molecule has 1 aromatic rings. The number of hydrogen-bond acceptors (Lipinski definition) is 2. The van der Waals surface area contributed by atoms with Gasteiger partial charge in [0.1, 0.15) is 12.4 Å². The highest BCUT2D eigenvalue weighted by Crippen LogP contribution is 2.15. The molecule has 0 aliphatic carbocycles. The Morgan fingerprint density at radius 3 is 2.53 bits per heavy atom. The Kier molecular flexibility index (Phi) is 7.06. The van der Waals surface area contributed by atoms with E-state index < -0.39 is 0 Å². The van der Waals surface area contributed by atoms with Gasteiger partial charge in [-0.2, -0.15) is 0 Å². The van der Waals surface area contributed by atoms with Gasteiger partial charge < -0.3 is 9.47 Å². The van der Waals surface area contributed by atoms with E-state index in [9.17, 15) is 0 Å². The van der Waals surface area contributed by atoms with Gasteiger partial charge >= 0.3 is 0 Å². The first-order valence-electron chi connectivity index (χ1n) is 6.22. The summed E-state index contributed by atoms with van der Waals surface area (Å²) in [4.78, 5) is 0. The molecular formula is C14H21ClO2. The topological polar surface area (TPSA) is 18.5 Å². The van der Waals surface area contributed by atoms with Crippen LogP contribution in [-0.2, 0) is 4.74 Å². The number of unbranched alkanes of at least 4 members (excludes halogenated alkanes) is 1. The molecule has 2 nitrogen and oxygen atoms in total. The van der Waals surface area contributed by atoms with Crippen molar-refractivity contribution in [2.45, 2.75) is 39.2 Å². The van der Waals surface area contributed by atoms with Gasteiger partial charge in [0.05, 0.1) is 12.7 Å². The van der Waals surface area contributed by atoms with Crippen LogP contribution in [0.25, 0.3) is 0 Å². The summed E-state index contributed by atoms with van der Waals surface area (Å²) in [5.74, 6) is 0.833. The van der Waals surface area contributed by atoms with Gasteiger partial charge in [0, 0.05) is 5.02 Å². The second-order valence-electron chi connectivity index (χ2n) is 4.13. The van der Waals surface area contributed by atoms with E-state index in [1.54, 1.807) is 0 Å². The first kappa shape index (κ1) is 14.3. The molecule has 1 atom stereocenters. The maximum absolute atomic E-state index is 5.78. The zero-order valence-electron chi connectivity index (χ0n) is 10.6. The molecule has 3 heteroatoms. The van der Waals surface area contributed by atoms with Crippen molar-refractivity contribution in [3.05, 3.63) is 29.3 Å². The van der Waals surface area contributed by atoms with Crippen molar-refractivity contribution in [2.24, 2.45) is 0 Å². The molecular weight excluding hydrogens is 236 g/mol. The predicted octanol–water partition coefficient (Wildman–Crippen LogP) is 4.31. The summed E-state index contributed by atoms with van der Waals surface area (Å²) in [5, 5.41) is 0.724. The van der Waals surface area contributed by atoms with Crippen LogP contribution in [0.15, 0.2) is 24.3 Å². The maximum Gasteiger partial charge on any atom is 0.119 e. The summed E-state index contributed by atoms with van der Waals surface area (Å²) >= 11 is 5.78. The molecule has 0 heterocycles. The van der Waals surface area contributed by atoms with Gasteiger partial charge in [-0.15, -0.1) is 0 Å². The van der Waals surface area contributed by atoms with Crippen molar-refractivity contribution >= 4 is 11.6 Å². The summed E-state index contributed by atoms with van der Waals surface area (Å²) < 4.78 is 11.2. The lowest BCUT2D eigenvalue weighted by Gasteiger charge is -2.13. The number of hydrogen-bond donors (Lipinski definition) is 0. The van der Waals surface area contributed by atoms with Gasteiger partial charge in [0.2, 0.25) is 0 Å². The number of benzene rings is 1. The minimum atomic E-state index is 0.323. The normalized spacial score (nSPS) is 12.4. The quantitative estimate of drug-likeness (QED) is 0.645. The van der Waals surface area contributed by atoms with E-state index in [-0.39, 0.29) is 0 Å². The van der Waals surface area contributed by atoms with Crippen molar-refractivity contribution in [2.75, 3.05) is 13.2 Å². The molecule has 0 spiro atoms. The molecule has 0 saturated heterocycles. The van der Waals surface area contributed by atoms with Crippen LogP contribution in [0.4, 0.5) is 0 Å². The minimum absolute atomic E-state index is 0.323. The average molecular weight is 257 g/mol. The van der Waals surface area contributed by atoms with Crippen LogP contribution in [0.1, 0.15) is 33.1 Å². The highest BCUT2D eigenvalue weighted by Gasteiger charge is 2.01. The van der Waals surface area contributed by atoms with Gasteiger partial charge in [0.15, 0.2) is 0 Å². The largest absolute Gasteiger partial charge is 0.491 e. The molecule has 1 unspecified atom stereocenters. The molecule has 0 aliphatic heterocycles. The van der Waals surface area contributed by atoms with Crippen LogP contribution in [0.2, 0.25) is 5.02 Å². The standard InChI is InChI=1S/C14H21ClO2/c1-3-4-5-12(2)16-10-11-17-14-8-6-13(15)7-9-14/h6-9,12H,3-5,10-11H2,1-2H3. The van der Waals surface area contributed by atoms with Gasteiger partial charge in [-0.05, 0) is 37.6 Å². The Morgan fingerprint density at radius 1 is 1.18 bits per heavy atom. The van der Waals surface area contributed by atoms with Crippen molar-refractivity contribution in [1.29, 1.82) is 0 Å². The van der Waals surface area contributed by atoms with Gasteiger partial charge in [-0.3, -0.25) is 0 Å². The van der Waals surface area contributed by atoms with E-state index in [1.165, 1.54) is 12.8 Å². The van der Waals surface area contributed by atoms with Gasteiger partial charge in [-0.25, -0.2) is 0 Å². The van der Waals surface area contributed by atoms with E-state index in [0.29, 0.717) is 19.3 Å². The van der Waals surface area contributed by atoms with Gasteiger partial charge in [-0.1, -0.05) is 31.4 Å². The molecule has 1 rings (SSSR count).